The van der Waals surface area contributed by atoms with Gasteiger partial charge in [-0.25, -0.2) is 0 Å². The molecule has 0 fully saturated rings. The molecule has 0 atom stereocenters. The molecule has 0 bridgehead atoms. The fraction of sp³-hybridized carbons (Fsp3) is 0.182. The summed E-state index contributed by atoms with van der Waals surface area (Å²) in [6.45, 7) is 0. The van der Waals surface area contributed by atoms with E-state index in [1.54, 1.807) is 6.07 Å². The van der Waals surface area contributed by atoms with E-state index in [1.165, 1.54) is 19.2 Å². The molecule has 0 saturated carbocycles. The zero-order valence-corrected chi connectivity index (χ0v) is 10.7. The fourth-order valence-corrected chi connectivity index (χ4v) is 1.22. The lowest BCUT2D eigenvalue weighted by Crippen LogP contribution is -2.22. The maximum absolute atomic E-state index is 12.3. The molecule has 0 amide bonds. The first-order valence-corrected chi connectivity index (χ1v) is 5.29. The van der Waals surface area contributed by atoms with Gasteiger partial charge in [0.2, 0.25) is 5.71 Å². The average molecular weight is 301 g/mol. The van der Waals surface area contributed by atoms with Crippen LogP contribution in [-0.4, -0.2) is 25.0 Å². The first-order chi connectivity index (χ1) is 9.76. The smallest absolute Gasteiger partial charge is 0.493 e. The average Bonchev–Trinajstić information content (AvgIpc) is 2.37. The Balaban J connectivity index is 3.03. The van der Waals surface area contributed by atoms with Crippen LogP contribution in [0.4, 0.5) is 18.9 Å². The van der Waals surface area contributed by atoms with E-state index in [2.05, 4.69) is 15.3 Å². The molecule has 7 nitrogen and oxygen atoms in total. The van der Waals surface area contributed by atoms with Crippen molar-refractivity contribution in [3.8, 4) is 17.6 Å². The van der Waals surface area contributed by atoms with Crippen molar-refractivity contribution < 1.29 is 22.6 Å². The monoisotopic (exact) mass is 301 g/mol. The summed E-state index contributed by atoms with van der Waals surface area (Å²) < 4.78 is 45.3. The fourth-order valence-electron chi connectivity index (χ4n) is 1.22. The van der Waals surface area contributed by atoms with Crippen molar-refractivity contribution in [2.75, 3.05) is 12.5 Å². The summed E-state index contributed by atoms with van der Waals surface area (Å²) in [5, 5.41) is 19.1. The van der Waals surface area contributed by atoms with Gasteiger partial charge in [-0.15, -0.1) is 13.2 Å². The molecule has 112 valence electrons. The van der Waals surface area contributed by atoms with E-state index in [-0.39, 0.29) is 11.4 Å². The summed E-state index contributed by atoms with van der Waals surface area (Å²) in [7, 11) is 1.19. The Hall–Kier alpha value is -2.96. The number of hydrogen-bond donors (Lipinski definition) is 3. The van der Waals surface area contributed by atoms with Gasteiger partial charge < -0.3 is 15.2 Å². The summed E-state index contributed by atoms with van der Waals surface area (Å²) in [6.07, 6.45) is -4.88. The molecule has 21 heavy (non-hydrogen) atoms. The highest BCUT2D eigenvalue weighted by Gasteiger charge is 2.32. The number of ether oxygens (including phenoxy) is 2. The number of hydrazone groups is 1. The predicted molar refractivity (Wildman–Crippen MR) is 68.3 cm³/mol. The van der Waals surface area contributed by atoms with Gasteiger partial charge in [-0.2, -0.15) is 10.4 Å². The SMILES string of the molecule is COc1ccc(N/N=C(\C#N)C(=N)N)cc1OC(F)(F)F. The van der Waals surface area contributed by atoms with E-state index in [4.69, 9.17) is 21.1 Å². The standard InChI is InChI=1S/C11H10F3N5O2/c1-20-8-3-2-6(4-9(8)21-11(12,13)14)18-19-7(5-15)10(16)17/h2-4,18H,1H3,(H3,16,17)/b19-7+. The van der Waals surface area contributed by atoms with Gasteiger partial charge in [0, 0.05) is 6.07 Å². The quantitative estimate of drug-likeness (QED) is 0.436. The molecule has 1 aromatic rings. The third-order valence-corrected chi connectivity index (χ3v) is 2.05. The van der Waals surface area contributed by atoms with Crippen LogP contribution in [0, 0.1) is 16.7 Å². The minimum atomic E-state index is -4.88. The van der Waals surface area contributed by atoms with E-state index in [0.717, 1.165) is 6.07 Å². The van der Waals surface area contributed by atoms with E-state index in [0.29, 0.717) is 0 Å². The molecule has 0 aromatic heterocycles. The van der Waals surface area contributed by atoms with Crippen molar-refractivity contribution in [1.82, 2.24) is 0 Å². The van der Waals surface area contributed by atoms with Crippen LogP contribution in [0.5, 0.6) is 11.5 Å². The normalized spacial score (nSPS) is 11.5. The van der Waals surface area contributed by atoms with Crippen molar-refractivity contribution in [3.05, 3.63) is 18.2 Å². The van der Waals surface area contributed by atoms with Gasteiger partial charge in [0.25, 0.3) is 0 Å². The summed E-state index contributed by atoms with van der Waals surface area (Å²) in [5.41, 5.74) is 7.04. The maximum Gasteiger partial charge on any atom is 0.573 e. The van der Waals surface area contributed by atoms with E-state index in [9.17, 15) is 13.2 Å². The van der Waals surface area contributed by atoms with E-state index < -0.39 is 23.7 Å². The Kier molecular flexibility index (Phi) is 4.96. The number of methoxy groups -OCH3 is 1. The van der Waals surface area contributed by atoms with Crippen LogP contribution < -0.4 is 20.6 Å². The lowest BCUT2D eigenvalue weighted by molar-refractivity contribution is -0.275. The third kappa shape index (κ3) is 4.90. The van der Waals surface area contributed by atoms with Gasteiger partial charge >= 0.3 is 6.36 Å². The minimum absolute atomic E-state index is 0.0871. The first kappa shape index (κ1) is 16.1. The molecule has 0 radical (unpaired) electrons. The van der Waals surface area contributed by atoms with Crippen LogP contribution in [0.25, 0.3) is 0 Å². The molecule has 4 N–H and O–H groups in total. The molecule has 1 aromatic carbocycles. The van der Waals surface area contributed by atoms with Crippen molar-refractivity contribution in [2.24, 2.45) is 10.8 Å². The molecule has 0 spiro atoms. The molecule has 0 unspecified atom stereocenters. The highest BCUT2D eigenvalue weighted by atomic mass is 19.4. The van der Waals surface area contributed by atoms with E-state index in [1.807, 2.05) is 0 Å². The number of rotatable bonds is 5. The number of benzene rings is 1. The van der Waals surface area contributed by atoms with Gasteiger partial charge in [0.1, 0.15) is 6.07 Å². The second kappa shape index (κ2) is 6.47. The Morgan fingerprint density at radius 1 is 1.43 bits per heavy atom. The van der Waals surface area contributed by atoms with Crippen LogP contribution in [-0.2, 0) is 0 Å². The van der Waals surface area contributed by atoms with Crippen LogP contribution in [0.2, 0.25) is 0 Å². The Bertz CT molecular complexity index is 607. The number of hydrogen-bond acceptors (Lipinski definition) is 6. The Labute approximate surface area is 117 Å². The number of anilines is 1. The van der Waals surface area contributed by atoms with Crippen LogP contribution in [0.3, 0.4) is 0 Å². The van der Waals surface area contributed by atoms with Crippen LogP contribution in [0.15, 0.2) is 23.3 Å². The second-order valence-corrected chi connectivity index (χ2v) is 3.51. The number of nitrogens with zero attached hydrogens (tertiary/aromatic N) is 2. The molecule has 0 heterocycles. The predicted octanol–water partition coefficient (Wildman–Crippen LogP) is 1.82. The van der Waals surface area contributed by atoms with Gasteiger partial charge in [-0.05, 0) is 12.1 Å². The summed E-state index contributed by atoms with van der Waals surface area (Å²) in [6, 6.07) is 5.10. The van der Waals surface area contributed by atoms with Crippen molar-refractivity contribution in [1.29, 1.82) is 10.7 Å². The second-order valence-electron chi connectivity index (χ2n) is 3.51. The Morgan fingerprint density at radius 2 is 2.10 bits per heavy atom. The van der Waals surface area contributed by atoms with E-state index >= 15 is 0 Å². The molecule has 10 heteroatoms. The summed E-state index contributed by atoms with van der Waals surface area (Å²) >= 11 is 0. The molecule has 0 aliphatic rings. The molecule has 1 rings (SSSR count). The zero-order valence-electron chi connectivity index (χ0n) is 10.7. The molecular weight excluding hydrogens is 291 g/mol. The van der Waals surface area contributed by atoms with Gasteiger partial charge in [0.15, 0.2) is 17.3 Å². The lowest BCUT2D eigenvalue weighted by Gasteiger charge is -2.13. The molecular formula is C11H10F3N5O2. The summed E-state index contributed by atoms with van der Waals surface area (Å²) in [5.74, 6) is -1.29. The lowest BCUT2D eigenvalue weighted by atomic mass is 10.3. The van der Waals surface area contributed by atoms with Crippen molar-refractivity contribution in [2.45, 2.75) is 6.36 Å². The molecule has 0 saturated heterocycles. The van der Waals surface area contributed by atoms with Gasteiger partial charge in [0.05, 0.1) is 12.8 Å². The Morgan fingerprint density at radius 3 is 2.57 bits per heavy atom. The number of halogens is 3. The zero-order chi connectivity index (χ0) is 16.0. The minimum Gasteiger partial charge on any atom is -0.493 e. The highest BCUT2D eigenvalue weighted by Crippen LogP contribution is 2.34. The van der Waals surface area contributed by atoms with Crippen LogP contribution in [0.1, 0.15) is 0 Å². The number of nitrogens with two attached hydrogens (primary N) is 1. The number of amidine groups is 1. The van der Waals surface area contributed by atoms with Gasteiger partial charge in [-0.1, -0.05) is 0 Å². The van der Waals surface area contributed by atoms with Crippen LogP contribution >= 0.6 is 0 Å². The number of alkyl halides is 3. The topological polar surface area (TPSA) is 117 Å². The third-order valence-electron chi connectivity index (χ3n) is 2.05. The number of nitrogens with one attached hydrogen (secondary N) is 2. The first-order valence-electron chi connectivity index (χ1n) is 5.29. The van der Waals surface area contributed by atoms with Gasteiger partial charge in [-0.3, -0.25) is 10.8 Å². The highest BCUT2D eigenvalue weighted by molar-refractivity contribution is 6.45. The molecule has 0 aliphatic heterocycles. The van der Waals surface area contributed by atoms with Crippen molar-refractivity contribution >= 4 is 17.2 Å². The van der Waals surface area contributed by atoms with Crippen molar-refractivity contribution in [3.63, 3.8) is 0 Å². The number of nitriles is 1. The molecule has 0 aliphatic carbocycles. The maximum atomic E-state index is 12.3. The largest absolute Gasteiger partial charge is 0.573 e. The summed E-state index contributed by atoms with van der Waals surface area (Å²) in [4.78, 5) is 0.